The molecule has 2 N–H and O–H groups in total. The number of carbonyl (C=O) groups is 1. The average molecular weight is 617 g/mol. The molecular weight excluding hydrogens is 576 g/mol. The quantitative estimate of drug-likeness (QED) is 0.270. The van der Waals surface area contributed by atoms with Crippen LogP contribution in [0.5, 0.6) is 0 Å². The number of aromatic nitrogens is 2. The van der Waals surface area contributed by atoms with Crippen molar-refractivity contribution in [3.8, 4) is 17.3 Å². The van der Waals surface area contributed by atoms with E-state index in [9.17, 15) is 10.1 Å². The third kappa shape index (κ3) is 6.14. The van der Waals surface area contributed by atoms with Gasteiger partial charge in [0.25, 0.3) is 0 Å². The van der Waals surface area contributed by atoms with Crippen molar-refractivity contribution in [2.75, 3.05) is 37.0 Å². The number of nitriles is 1. The van der Waals surface area contributed by atoms with Crippen LogP contribution in [0, 0.1) is 11.3 Å². The SMILES string of the molecule is CNC(=O)CN1CCc2c(Nc3nccc(-c4cc(C#N)c5c(c4)C(C)(CO[Si](C)(C)C(C)(C)C)CC5)n3)cc(Cl)cc21. The minimum absolute atomic E-state index is 0.0490. The van der Waals surface area contributed by atoms with E-state index in [4.69, 9.17) is 21.0 Å². The molecule has 226 valence electrons. The van der Waals surface area contributed by atoms with E-state index in [2.05, 4.69) is 68.5 Å². The summed E-state index contributed by atoms with van der Waals surface area (Å²) in [5.74, 6) is 0.391. The van der Waals surface area contributed by atoms with Gasteiger partial charge in [0.15, 0.2) is 8.32 Å². The van der Waals surface area contributed by atoms with E-state index >= 15 is 0 Å². The zero-order valence-corrected chi connectivity index (χ0v) is 27.9. The summed E-state index contributed by atoms with van der Waals surface area (Å²) in [7, 11) is -0.299. The van der Waals surface area contributed by atoms with Crippen molar-refractivity contribution >= 4 is 43.1 Å². The van der Waals surface area contributed by atoms with Gasteiger partial charge in [0.1, 0.15) is 0 Å². The topological polar surface area (TPSA) is 103 Å². The molecule has 0 saturated carbocycles. The van der Waals surface area contributed by atoms with Crippen LogP contribution < -0.4 is 15.5 Å². The maximum atomic E-state index is 12.0. The Hall–Kier alpha value is -3.45. The summed E-state index contributed by atoms with van der Waals surface area (Å²) in [6, 6.07) is 12.2. The number of carbonyl (C=O) groups excluding carboxylic acids is 1. The van der Waals surface area contributed by atoms with E-state index in [1.54, 1.807) is 13.2 Å². The lowest BCUT2D eigenvalue weighted by Crippen LogP contribution is -2.44. The van der Waals surface area contributed by atoms with Gasteiger partial charge in [-0.15, -0.1) is 0 Å². The van der Waals surface area contributed by atoms with E-state index in [1.165, 1.54) is 5.56 Å². The fraction of sp³-hybridized carbons (Fsp3) is 0.455. The molecule has 2 aromatic carbocycles. The number of amides is 1. The van der Waals surface area contributed by atoms with E-state index in [-0.39, 0.29) is 22.9 Å². The lowest BCUT2D eigenvalue weighted by atomic mass is 9.83. The van der Waals surface area contributed by atoms with Crippen molar-refractivity contribution in [1.29, 1.82) is 5.26 Å². The average Bonchev–Trinajstić information content (AvgIpc) is 3.52. The summed E-state index contributed by atoms with van der Waals surface area (Å²) in [4.78, 5) is 23.4. The van der Waals surface area contributed by atoms with Crippen LogP contribution in [0.25, 0.3) is 11.3 Å². The summed E-state index contributed by atoms with van der Waals surface area (Å²) < 4.78 is 6.71. The minimum Gasteiger partial charge on any atom is -0.416 e. The molecule has 2 heterocycles. The Labute approximate surface area is 261 Å². The highest BCUT2D eigenvalue weighted by Crippen LogP contribution is 2.45. The molecule has 5 rings (SSSR count). The molecular formula is C33H41ClN6O2Si. The van der Waals surface area contributed by atoms with Crippen molar-refractivity contribution in [2.24, 2.45) is 0 Å². The highest BCUT2D eigenvalue weighted by Gasteiger charge is 2.42. The number of likely N-dealkylation sites (N-methyl/N-ethyl adjacent to an activating group) is 1. The van der Waals surface area contributed by atoms with Crippen molar-refractivity contribution in [1.82, 2.24) is 15.3 Å². The third-order valence-corrected chi connectivity index (χ3v) is 14.2. The Morgan fingerprint density at radius 3 is 2.67 bits per heavy atom. The van der Waals surface area contributed by atoms with Gasteiger partial charge in [0.2, 0.25) is 11.9 Å². The smallest absolute Gasteiger partial charge is 0.239 e. The van der Waals surface area contributed by atoms with E-state index in [1.807, 2.05) is 29.2 Å². The Morgan fingerprint density at radius 1 is 1.21 bits per heavy atom. The number of benzene rings is 2. The normalized spacial score (nSPS) is 17.8. The molecule has 2 aliphatic rings. The van der Waals surface area contributed by atoms with Crippen LogP contribution in [0.3, 0.4) is 0 Å². The third-order valence-electron chi connectivity index (χ3n) is 9.48. The largest absolute Gasteiger partial charge is 0.416 e. The fourth-order valence-corrected chi connectivity index (χ4v) is 7.06. The summed E-state index contributed by atoms with van der Waals surface area (Å²) in [6.07, 6.45) is 4.31. The van der Waals surface area contributed by atoms with Crippen LogP contribution in [-0.2, 0) is 27.5 Å². The molecule has 0 fully saturated rings. The van der Waals surface area contributed by atoms with E-state index in [0.29, 0.717) is 23.1 Å². The predicted molar refractivity (Wildman–Crippen MR) is 176 cm³/mol. The first-order valence-electron chi connectivity index (χ1n) is 14.8. The highest BCUT2D eigenvalue weighted by atomic mass is 35.5. The van der Waals surface area contributed by atoms with Crippen LogP contribution in [0.15, 0.2) is 36.5 Å². The molecule has 1 aromatic heterocycles. The second-order valence-electron chi connectivity index (χ2n) is 13.5. The van der Waals surface area contributed by atoms with Gasteiger partial charge < -0.3 is 20.0 Å². The molecule has 0 saturated heterocycles. The Bertz CT molecular complexity index is 1610. The zero-order chi connectivity index (χ0) is 31.2. The van der Waals surface area contributed by atoms with Crippen molar-refractivity contribution in [3.05, 3.63) is 63.8 Å². The minimum atomic E-state index is -1.94. The summed E-state index contributed by atoms with van der Waals surface area (Å²) in [5, 5.41) is 16.9. The number of nitrogens with zero attached hydrogens (tertiary/aromatic N) is 4. The highest BCUT2D eigenvalue weighted by molar-refractivity contribution is 6.74. The van der Waals surface area contributed by atoms with Crippen LogP contribution in [-0.4, -0.2) is 50.9 Å². The molecule has 8 nitrogen and oxygen atoms in total. The molecule has 43 heavy (non-hydrogen) atoms. The summed E-state index contributed by atoms with van der Waals surface area (Å²) >= 11 is 6.50. The van der Waals surface area contributed by atoms with Gasteiger partial charge in [-0.25, -0.2) is 9.97 Å². The monoisotopic (exact) mass is 616 g/mol. The second kappa shape index (κ2) is 11.6. The van der Waals surface area contributed by atoms with E-state index in [0.717, 1.165) is 59.6 Å². The summed E-state index contributed by atoms with van der Waals surface area (Å²) in [6.45, 7) is 15.2. The van der Waals surface area contributed by atoms with Crippen molar-refractivity contribution in [2.45, 2.75) is 70.5 Å². The molecule has 1 unspecified atom stereocenters. The molecule has 1 atom stereocenters. The fourth-order valence-electron chi connectivity index (χ4n) is 5.73. The predicted octanol–water partition coefficient (Wildman–Crippen LogP) is 6.75. The number of hydrogen-bond donors (Lipinski definition) is 2. The molecule has 1 aliphatic heterocycles. The number of anilines is 3. The maximum absolute atomic E-state index is 12.0. The van der Waals surface area contributed by atoms with Gasteiger partial charge in [-0.05, 0) is 78.9 Å². The van der Waals surface area contributed by atoms with Gasteiger partial charge in [-0.1, -0.05) is 39.3 Å². The van der Waals surface area contributed by atoms with Gasteiger partial charge in [0, 0.05) is 59.3 Å². The van der Waals surface area contributed by atoms with Gasteiger partial charge in [0.05, 0.1) is 23.9 Å². The van der Waals surface area contributed by atoms with Crippen molar-refractivity contribution < 1.29 is 9.22 Å². The standard InChI is InChI=1S/C33H41ClN6O2Si/c1-32(2,3)43(6,7)42-20-33(4)11-8-24-22(18-35)14-21(15-26(24)33)27-9-12-37-31(38-27)39-28-16-23(34)17-29-25(28)10-13-40(29)19-30(41)36-5/h9,12,14-17H,8,10-11,13,19-20H2,1-7H3,(H,36,41)(H,37,38,39). The first-order chi connectivity index (χ1) is 20.2. The van der Waals surface area contributed by atoms with Crippen LogP contribution >= 0.6 is 11.6 Å². The second-order valence-corrected chi connectivity index (χ2v) is 18.7. The first kappa shape index (κ1) is 31.0. The lowest BCUT2D eigenvalue weighted by molar-refractivity contribution is -0.119. The van der Waals surface area contributed by atoms with E-state index < -0.39 is 8.32 Å². The number of nitrogens with one attached hydrogen (secondary N) is 2. The number of hydrogen-bond acceptors (Lipinski definition) is 7. The molecule has 1 aliphatic carbocycles. The van der Waals surface area contributed by atoms with Crippen LogP contribution in [0.2, 0.25) is 23.2 Å². The van der Waals surface area contributed by atoms with Gasteiger partial charge >= 0.3 is 0 Å². The van der Waals surface area contributed by atoms with Gasteiger partial charge in [-0.3, -0.25) is 4.79 Å². The number of halogens is 1. The molecule has 10 heteroatoms. The molecule has 1 amide bonds. The summed E-state index contributed by atoms with van der Waals surface area (Å²) in [5.41, 5.74) is 7.26. The maximum Gasteiger partial charge on any atom is 0.239 e. The molecule has 3 aromatic rings. The van der Waals surface area contributed by atoms with Gasteiger partial charge in [-0.2, -0.15) is 5.26 Å². The Kier molecular flexibility index (Phi) is 8.33. The molecule has 0 radical (unpaired) electrons. The zero-order valence-electron chi connectivity index (χ0n) is 26.2. The number of rotatable bonds is 8. The van der Waals surface area contributed by atoms with Crippen LogP contribution in [0.1, 0.15) is 56.4 Å². The lowest BCUT2D eigenvalue weighted by Gasteiger charge is -2.39. The Balaban J connectivity index is 1.45. The number of fused-ring (bicyclic) bond motifs is 2. The van der Waals surface area contributed by atoms with Crippen molar-refractivity contribution in [3.63, 3.8) is 0 Å². The Morgan fingerprint density at radius 2 is 1.98 bits per heavy atom. The molecule has 0 bridgehead atoms. The first-order valence-corrected chi connectivity index (χ1v) is 18.1. The van der Waals surface area contributed by atoms with Crippen LogP contribution in [0.4, 0.5) is 17.3 Å². The molecule has 0 spiro atoms.